The van der Waals surface area contributed by atoms with Gasteiger partial charge >= 0.3 is 0 Å². The monoisotopic (exact) mass is 1680 g/mol. The van der Waals surface area contributed by atoms with E-state index in [1.54, 1.807) is 16.5 Å². The minimum atomic E-state index is -3.68. The minimum Gasteiger partial charge on any atom is -0.382 e. The van der Waals surface area contributed by atoms with E-state index in [0.29, 0.717) is 293 Å². The number of benzene rings is 1. The zero-order valence-corrected chi connectivity index (χ0v) is 69.5. The maximum atomic E-state index is 14.2. The van der Waals surface area contributed by atoms with Gasteiger partial charge in [-0.25, -0.2) is 17.9 Å². The highest BCUT2D eigenvalue weighted by Gasteiger charge is 2.33. The molecular formula is C77H129ClN10O26S. The second kappa shape index (κ2) is 66.1. The molecule has 0 saturated carbocycles. The van der Waals surface area contributed by atoms with Crippen LogP contribution >= 0.6 is 11.6 Å². The number of aromatic nitrogens is 3. The number of nitrogens with zero attached hydrogens (tertiary/aromatic N) is 6. The van der Waals surface area contributed by atoms with Crippen molar-refractivity contribution < 1.29 is 122 Å². The van der Waals surface area contributed by atoms with Crippen LogP contribution in [-0.2, 0) is 119 Å². The molecule has 4 N–H and O–H groups in total. The lowest BCUT2D eigenvalue weighted by molar-refractivity contribution is -0.139. The number of nitrogens with one attached hydrogen (secondary N) is 4. The lowest BCUT2D eigenvalue weighted by atomic mass is 9.98. The number of ether oxygens (including phenoxy) is 20. The molecule has 5 rings (SSSR count). The largest absolute Gasteiger partial charge is 0.382 e. The summed E-state index contributed by atoms with van der Waals surface area (Å²) < 4.78 is 138. The highest BCUT2D eigenvalue weighted by molar-refractivity contribution is 7.92. The molecule has 2 aliphatic heterocycles. The van der Waals surface area contributed by atoms with Crippen LogP contribution in [0.15, 0.2) is 30.5 Å². The standard InChI is InChI=1S/C77H129ClN10O26S/c1-5-20-96-25-28-100-33-36-104-41-44-108-49-50-109-45-42-105-37-34-101-29-26-97-21-16-80-73(89)63-86(64-74(90)81-17-22-98-27-30-102-35-38-106-43-46-110-51-52-112-55-56-114-58-57-113-54-53-111-48-47-107-40-39-103-32-31-99-24-23-95-3)75(91)11-6-8-15-79-67-14-19-85(62-67)76-65(2)61-88-72(82-76)60-70(83-88)71-10-7-9-18-87(71)77(92)68-59-66(78)12-13-69(68)84-115(4,93)94/h1,12-13,59-61,67,71,79,84H,6-11,14-58,62-64H2,2-4H3,(H,80,89)(H,81,90)/t67-,71?/m0/s1. The van der Waals surface area contributed by atoms with Crippen LogP contribution in [0.1, 0.15) is 72.6 Å². The summed E-state index contributed by atoms with van der Waals surface area (Å²) in [7, 11) is -2.04. The zero-order valence-electron chi connectivity index (χ0n) is 67.9. The number of sulfonamides is 1. The Morgan fingerprint density at radius 2 is 0.957 bits per heavy atom. The number of piperidine rings is 1. The number of hydrogen-bond donors (Lipinski definition) is 4. The number of carbonyl (C=O) groups excluding carboxylic acids is 4. The SMILES string of the molecule is C#CCOCCOCCOCCOCCOCCOCCOCCOCCNC(=O)CN(CC(=O)NCCOCCOCCOCCOCCOCCOCCOCCOCCOCCOCCOCCOC)C(=O)CCCCN[C@H]1CCN(c2nc3cc(C4CCCCN4C(=O)c4cc(Cl)ccc4NS(C)(=O)=O)nn3cc2C)C1. The second-order valence-electron chi connectivity index (χ2n) is 26.3. The number of aryl methyl sites for hydroxylation is 1. The van der Waals surface area contributed by atoms with Crippen LogP contribution < -0.4 is 25.6 Å². The Morgan fingerprint density at radius 1 is 0.539 bits per heavy atom. The lowest BCUT2D eigenvalue weighted by Gasteiger charge is -2.35. The van der Waals surface area contributed by atoms with Crippen molar-refractivity contribution >= 4 is 62.4 Å². The van der Waals surface area contributed by atoms with E-state index in [1.165, 1.54) is 23.1 Å². The molecule has 0 aliphatic carbocycles. The first-order valence-corrected chi connectivity index (χ1v) is 42.2. The smallest absolute Gasteiger partial charge is 0.256 e. The maximum absolute atomic E-state index is 14.2. The van der Waals surface area contributed by atoms with Crippen molar-refractivity contribution in [2.45, 2.75) is 64.0 Å². The van der Waals surface area contributed by atoms with E-state index in [4.69, 9.17) is 123 Å². The Balaban J connectivity index is 0.910. The molecule has 4 heterocycles. The third-order valence-corrected chi connectivity index (χ3v) is 17.9. The molecule has 4 amide bonds. The Hall–Kier alpha value is -5.72. The molecule has 2 aliphatic rings. The number of methoxy groups -OCH3 is 1. The molecule has 1 unspecified atom stereocenters. The molecule has 2 saturated heterocycles. The van der Waals surface area contributed by atoms with Crippen molar-refractivity contribution in [2.24, 2.45) is 0 Å². The minimum absolute atomic E-state index is 0.126. The molecule has 36 nitrogen and oxygen atoms in total. The summed E-state index contributed by atoms with van der Waals surface area (Å²) in [6, 6.07) is 6.22. The average molecular weight is 1680 g/mol. The predicted octanol–water partition coefficient (Wildman–Crippen LogP) is 2.42. The van der Waals surface area contributed by atoms with Gasteiger partial charge in [-0.1, -0.05) is 17.5 Å². The highest BCUT2D eigenvalue weighted by Crippen LogP contribution is 2.35. The molecule has 2 atom stereocenters. The summed E-state index contributed by atoms with van der Waals surface area (Å²) in [6.45, 7) is 20.7. The normalized spacial score (nSPS) is 14.5. The number of likely N-dealkylation sites (tertiary alicyclic amines) is 1. The van der Waals surface area contributed by atoms with Crippen LogP contribution in [0.2, 0.25) is 5.02 Å². The maximum Gasteiger partial charge on any atom is 0.256 e. The first kappa shape index (κ1) is 99.8. The third-order valence-electron chi connectivity index (χ3n) is 17.1. The molecule has 2 aromatic heterocycles. The van der Waals surface area contributed by atoms with E-state index < -0.39 is 21.8 Å². The number of terminal acetylenes is 1. The van der Waals surface area contributed by atoms with E-state index in [9.17, 15) is 27.6 Å². The van der Waals surface area contributed by atoms with Crippen LogP contribution in [0.4, 0.5) is 11.5 Å². The highest BCUT2D eigenvalue weighted by atomic mass is 35.5. The third kappa shape index (κ3) is 48.8. The van der Waals surface area contributed by atoms with Crippen LogP contribution in [-0.4, -0.2) is 386 Å². The Bertz CT molecular complexity index is 3190. The van der Waals surface area contributed by atoms with Crippen LogP contribution in [0.25, 0.3) is 5.65 Å². The van der Waals surface area contributed by atoms with Gasteiger partial charge in [-0.2, -0.15) is 5.10 Å². The zero-order chi connectivity index (χ0) is 82.1. The fraction of sp³-hybridized carbons (Fsp3) is 0.766. The fourth-order valence-corrected chi connectivity index (χ4v) is 12.2. The van der Waals surface area contributed by atoms with E-state index in [-0.39, 0.29) is 87.6 Å². The Kier molecular flexibility index (Phi) is 57.4. The topological polar surface area (TPSA) is 375 Å². The molecule has 0 bridgehead atoms. The van der Waals surface area contributed by atoms with E-state index in [1.807, 2.05) is 19.2 Å². The second-order valence-corrected chi connectivity index (χ2v) is 28.4. The average Bonchev–Trinajstić information content (AvgIpc) is 1.67. The van der Waals surface area contributed by atoms with Gasteiger partial charge in [0.2, 0.25) is 27.7 Å². The molecule has 0 radical (unpaired) electrons. The summed E-state index contributed by atoms with van der Waals surface area (Å²) in [4.78, 5) is 64.8. The number of amides is 4. The van der Waals surface area contributed by atoms with Gasteiger partial charge in [-0.3, -0.25) is 23.9 Å². The number of anilines is 2. The van der Waals surface area contributed by atoms with Crippen molar-refractivity contribution in [1.29, 1.82) is 0 Å². The van der Waals surface area contributed by atoms with Crippen molar-refractivity contribution in [3.05, 3.63) is 52.3 Å². The number of halogens is 1. The van der Waals surface area contributed by atoms with Crippen LogP contribution in [0.5, 0.6) is 0 Å². The summed E-state index contributed by atoms with van der Waals surface area (Å²) in [5.41, 5.74) is 2.57. The summed E-state index contributed by atoms with van der Waals surface area (Å²) >= 11 is 6.33. The summed E-state index contributed by atoms with van der Waals surface area (Å²) in [6.07, 6.45) is 12.6. The molecular weight excluding hydrogens is 1550 g/mol. The number of fused-ring (bicyclic) bond motifs is 1. The van der Waals surface area contributed by atoms with Crippen molar-refractivity contribution in [3.63, 3.8) is 0 Å². The van der Waals surface area contributed by atoms with E-state index in [2.05, 4.69) is 31.5 Å². The molecule has 3 aromatic rings. The van der Waals surface area contributed by atoms with Gasteiger partial charge in [-0.15, -0.1) is 6.42 Å². The van der Waals surface area contributed by atoms with Gasteiger partial charge < -0.3 is 125 Å². The first-order valence-electron chi connectivity index (χ1n) is 39.9. The van der Waals surface area contributed by atoms with Gasteiger partial charge in [0.25, 0.3) is 5.91 Å². The molecule has 2 fully saturated rings. The van der Waals surface area contributed by atoms with Crippen molar-refractivity contribution in [3.8, 4) is 12.3 Å². The van der Waals surface area contributed by atoms with Crippen LogP contribution in [0, 0.1) is 19.3 Å². The van der Waals surface area contributed by atoms with Gasteiger partial charge in [0.1, 0.15) is 25.5 Å². The van der Waals surface area contributed by atoms with Gasteiger partial charge in [0.15, 0.2) is 5.65 Å². The van der Waals surface area contributed by atoms with Gasteiger partial charge in [0.05, 0.1) is 280 Å². The molecule has 0 spiro atoms. The Labute approximate surface area is 683 Å². The van der Waals surface area contributed by atoms with E-state index >= 15 is 0 Å². The van der Waals surface area contributed by atoms with E-state index in [0.717, 1.165) is 43.4 Å². The number of unbranched alkanes of at least 4 members (excludes halogenated alkanes) is 1. The van der Waals surface area contributed by atoms with Crippen molar-refractivity contribution in [1.82, 2.24) is 40.3 Å². The number of carbonyl (C=O) groups is 4. The van der Waals surface area contributed by atoms with Crippen molar-refractivity contribution in [2.75, 3.05) is 333 Å². The molecule has 115 heavy (non-hydrogen) atoms. The summed E-state index contributed by atoms with van der Waals surface area (Å²) in [5, 5.41) is 14.4. The molecule has 656 valence electrons. The predicted molar refractivity (Wildman–Crippen MR) is 427 cm³/mol. The number of rotatable bonds is 76. The molecule has 1 aromatic carbocycles. The number of hydrogen-bond acceptors (Lipinski definition) is 30. The lowest BCUT2D eigenvalue weighted by Crippen LogP contribution is -2.46. The fourth-order valence-electron chi connectivity index (χ4n) is 11.4. The van der Waals surface area contributed by atoms with Gasteiger partial charge in [-0.05, 0) is 70.2 Å². The van der Waals surface area contributed by atoms with Crippen LogP contribution in [0.3, 0.4) is 0 Å². The summed E-state index contributed by atoms with van der Waals surface area (Å²) in [5.74, 6) is 1.68. The molecule has 38 heteroatoms. The quantitative estimate of drug-likeness (QED) is 0.0466. The first-order chi connectivity index (χ1) is 56.3. The van der Waals surface area contributed by atoms with Gasteiger partial charge in [0, 0.05) is 75.1 Å². The Morgan fingerprint density at radius 3 is 1.37 bits per heavy atom.